The van der Waals surface area contributed by atoms with Gasteiger partial charge < -0.3 is 30.7 Å². The van der Waals surface area contributed by atoms with Crippen molar-refractivity contribution in [3.8, 4) is 0 Å². The SMILES string of the molecule is CCCCCCCCCCCCCCCCCC(=O)OC[C@H](COP(=O)(O)OCCNC(=O)CNC(=O)c1ccc(C(=N)N)cc1)OC(=O)CCCCCCCCCCCCCCCCC. The van der Waals surface area contributed by atoms with Gasteiger partial charge in [-0.15, -0.1) is 0 Å². The zero-order valence-electron chi connectivity index (χ0n) is 41.2. The van der Waals surface area contributed by atoms with Crippen molar-refractivity contribution in [1.82, 2.24) is 10.6 Å². The summed E-state index contributed by atoms with van der Waals surface area (Å²) in [7, 11) is -4.66. The van der Waals surface area contributed by atoms with Gasteiger partial charge in [-0.1, -0.05) is 206 Å². The van der Waals surface area contributed by atoms with Crippen LogP contribution < -0.4 is 16.4 Å². The first-order valence-electron chi connectivity index (χ1n) is 25.9. The molecule has 0 aliphatic heterocycles. The van der Waals surface area contributed by atoms with Crippen molar-refractivity contribution >= 4 is 37.4 Å². The number of amides is 2. The van der Waals surface area contributed by atoms with Crippen LogP contribution in [0.1, 0.15) is 235 Å². The summed E-state index contributed by atoms with van der Waals surface area (Å²) in [4.78, 5) is 60.3. The number of carbonyl (C=O) groups is 4. The summed E-state index contributed by atoms with van der Waals surface area (Å²) in [5, 5.41) is 12.4. The molecule has 0 heterocycles. The van der Waals surface area contributed by atoms with Gasteiger partial charge in [0, 0.05) is 30.5 Å². The van der Waals surface area contributed by atoms with Crippen molar-refractivity contribution < 1.29 is 47.2 Å². The van der Waals surface area contributed by atoms with Crippen LogP contribution in [-0.4, -0.2) is 73.5 Å². The predicted molar refractivity (Wildman–Crippen MR) is 264 cm³/mol. The molecule has 0 bridgehead atoms. The lowest BCUT2D eigenvalue weighted by Crippen LogP contribution is -2.38. The average Bonchev–Trinajstić information content (AvgIpc) is 3.30. The van der Waals surface area contributed by atoms with Gasteiger partial charge in [0.05, 0.1) is 19.8 Å². The number of esters is 2. The monoisotopic (exact) mass is 951 g/mol. The molecule has 15 heteroatoms. The molecule has 2 atom stereocenters. The van der Waals surface area contributed by atoms with E-state index in [1.807, 2.05) is 0 Å². The Morgan fingerprint density at radius 3 is 1.39 bits per heavy atom. The normalized spacial score (nSPS) is 12.6. The highest BCUT2D eigenvalue weighted by Gasteiger charge is 2.26. The van der Waals surface area contributed by atoms with Crippen LogP contribution in [0, 0.1) is 5.41 Å². The van der Waals surface area contributed by atoms with Gasteiger partial charge in [-0.25, -0.2) is 4.57 Å². The van der Waals surface area contributed by atoms with Crippen LogP contribution in [0.15, 0.2) is 24.3 Å². The van der Waals surface area contributed by atoms with Crippen LogP contribution >= 0.6 is 7.82 Å². The number of benzene rings is 1. The number of hydrogen-bond donors (Lipinski definition) is 5. The van der Waals surface area contributed by atoms with E-state index in [4.69, 9.17) is 29.7 Å². The smallest absolute Gasteiger partial charge is 0.462 e. The van der Waals surface area contributed by atoms with Gasteiger partial charge in [0.1, 0.15) is 12.4 Å². The van der Waals surface area contributed by atoms with Crippen molar-refractivity contribution in [2.75, 3.05) is 32.9 Å². The Bertz CT molecular complexity index is 1460. The predicted octanol–water partition coefficient (Wildman–Crippen LogP) is 11.9. The quantitative estimate of drug-likeness (QED) is 0.0136. The molecule has 0 spiro atoms. The minimum absolute atomic E-state index is 0.133. The van der Waals surface area contributed by atoms with Crippen molar-refractivity contribution in [3.63, 3.8) is 0 Å². The maximum atomic E-state index is 12.8. The van der Waals surface area contributed by atoms with E-state index < -0.39 is 50.9 Å². The zero-order valence-corrected chi connectivity index (χ0v) is 42.1. The number of carbonyl (C=O) groups excluding carboxylic acids is 4. The van der Waals surface area contributed by atoms with E-state index in [1.54, 1.807) is 0 Å². The largest absolute Gasteiger partial charge is 0.472 e. The number of rotatable bonds is 46. The standard InChI is InChI=1S/C51H91N4O10P/c1-3-5-7-9-11-13-15-17-19-21-23-25-27-29-31-33-48(57)62-42-46(65-49(58)34-32-30-28-26-24-22-20-18-16-14-12-10-8-6-4-2)43-64-66(60,61)63-40-39-54-47(56)41-55-51(59)45-37-35-44(36-38-45)50(52)53/h35-38,46H,3-34,39-43H2,1-2H3,(H3,52,53)(H,54,56)(H,55,59)(H,60,61)/t46-/m1/s1. The molecule has 0 aliphatic rings. The molecule has 2 amide bonds. The Morgan fingerprint density at radius 2 is 0.970 bits per heavy atom. The van der Waals surface area contributed by atoms with Crippen LogP contribution in [0.2, 0.25) is 0 Å². The maximum Gasteiger partial charge on any atom is 0.472 e. The Morgan fingerprint density at radius 1 is 0.576 bits per heavy atom. The molecule has 0 radical (unpaired) electrons. The van der Waals surface area contributed by atoms with Crippen molar-refractivity contribution in [2.45, 2.75) is 225 Å². The van der Waals surface area contributed by atoms with Gasteiger partial charge in [0.15, 0.2) is 6.10 Å². The Kier molecular flexibility index (Phi) is 38.5. The van der Waals surface area contributed by atoms with E-state index in [9.17, 15) is 28.6 Å². The second-order valence-corrected chi connectivity index (χ2v) is 19.3. The fraction of sp³-hybridized carbons (Fsp3) is 0.784. The Labute approximate surface area is 398 Å². The molecule has 6 N–H and O–H groups in total. The minimum Gasteiger partial charge on any atom is -0.462 e. The molecule has 14 nitrogen and oxygen atoms in total. The van der Waals surface area contributed by atoms with E-state index in [-0.39, 0.29) is 43.9 Å². The molecule has 1 aromatic carbocycles. The lowest BCUT2D eigenvalue weighted by atomic mass is 10.0. The summed E-state index contributed by atoms with van der Waals surface area (Å²) in [5.74, 6) is -2.15. The van der Waals surface area contributed by atoms with E-state index in [0.717, 1.165) is 38.5 Å². The van der Waals surface area contributed by atoms with Gasteiger partial charge in [-0.3, -0.25) is 33.6 Å². The van der Waals surface area contributed by atoms with Crippen molar-refractivity contribution in [1.29, 1.82) is 5.41 Å². The number of nitrogens with two attached hydrogens (primary N) is 1. The molecule has 1 aromatic rings. The van der Waals surface area contributed by atoms with E-state index >= 15 is 0 Å². The lowest BCUT2D eigenvalue weighted by Gasteiger charge is -2.20. The maximum absolute atomic E-state index is 12.8. The topological polar surface area (TPSA) is 216 Å². The number of nitrogens with one attached hydrogen (secondary N) is 3. The average molecular weight is 951 g/mol. The summed E-state index contributed by atoms with van der Waals surface area (Å²) in [6.07, 6.45) is 35.7. The second kappa shape index (κ2) is 41.8. The number of ether oxygens (including phenoxy) is 2. The molecule has 0 fully saturated rings. The number of unbranched alkanes of at least 4 members (excludes halogenated alkanes) is 28. The third kappa shape index (κ3) is 36.8. The minimum atomic E-state index is -4.66. The number of phosphoric acid groups is 1. The Hall–Kier alpha value is -3.32. The van der Waals surface area contributed by atoms with E-state index in [1.165, 1.54) is 166 Å². The summed E-state index contributed by atoms with van der Waals surface area (Å²) in [6, 6.07) is 6.01. The molecule has 66 heavy (non-hydrogen) atoms. The molecule has 0 saturated carbocycles. The van der Waals surface area contributed by atoms with Gasteiger partial charge in [0.25, 0.3) is 5.91 Å². The fourth-order valence-corrected chi connectivity index (χ4v) is 8.34. The summed E-state index contributed by atoms with van der Waals surface area (Å²) >= 11 is 0. The third-order valence-corrected chi connectivity index (χ3v) is 12.7. The molecule has 380 valence electrons. The Balaban J connectivity index is 2.42. The van der Waals surface area contributed by atoms with Crippen LogP contribution in [0.4, 0.5) is 0 Å². The van der Waals surface area contributed by atoms with Crippen molar-refractivity contribution in [2.24, 2.45) is 5.73 Å². The molecular weight excluding hydrogens is 860 g/mol. The van der Waals surface area contributed by atoms with Crippen LogP contribution in [0.25, 0.3) is 0 Å². The first kappa shape index (κ1) is 60.7. The van der Waals surface area contributed by atoms with Crippen LogP contribution in [0.3, 0.4) is 0 Å². The van der Waals surface area contributed by atoms with Gasteiger partial charge in [0.2, 0.25) is 5.91 Å². The molecule has 0 saturated heterocycles. The highest BCUT2D eigenvalue weighted by molar-refractivity contribution is 7.47. The summed E-state index contributed by atoms with van der Waals surface area (Å²) in [5.41, 5.74) is 6.17. The number of phosphoric ester groups is 1. The molecular formula is C51H91N4O10P. The zero-order chi connectivity index (χ0) is 48.4. The van der Waals surface area contributed by atoms with Crippen molar-refractivity contribution in [3.05, 3.63) is 35.4 Å². The van der Waals surface area contributed by atoms with Gasteiger partial charge in [-0.05, 0) is 25.0 Å². The number of hydrogen-bond acceptors (Lipinski definition) is 10. The van der Waals surface area contributed by atoms with Gasteiger partial charge in [-0.2, -0.15) is 0 Å². The molecule has 0 aliphatic carbocycles. The number of amidine groups is 1. The van der Waals surface area contributed by atoms with Crippen LogP contribution in [0.5, 0.6) is 0 Å². The molecule has 1 rings (SSSR count). The highest BCUT2D eigenvalue weighted by atomic mass is 31.2. The van der Waals surface area contributed by atoms with Gasteiger partial charge >= 0.3 is 19.8 Å². The second-order valence-electron chi connectivity index (χ2n) is 17.8. The molecule has 0 aromatic heterocycles. The first-order chi connectivity index (χ1) is 32.0. The fourth-order valence-electron chi connectivity index (χ4n) is 7.59. The lowest BCUT2D eigenvalue weighted by molar-refractivity contribution is -0.161. The third-order valence-electron chi connectivity index (χ3n) is 11.7. The summed E-state index contributed by atoms with van der Waals surface area (Å²) < 4.78 is 33.8. The summed E-state index contributed by atoms with van der Waals surface area (Å²) in [6.45, 7) is 2.71. The van der Waals surface area contributed by atoms with E-state index in [2.05, 4.69) is 24.5 Å². The highest BCUT2D eigenvalue weighted by Crippen LogP contribution is 2.43. The molecule has 1 unspecified atom stereocenters. The van der Waals surface area contributed by atoms with Crippen LogP contribution in [-0.2, 0) is 37.5 Å². The van der Waals surface area contributed by atoms with E-state index in [0.29, 0.717) is 18.4 Å². The number of nitrogen functional groups attached to an aromatic ring is 1. The first-order valence-corrected chi connectivity index (χ1v) is 27.4.